The number of carbonyl (C=O) groups excluding carboxylic acids is 1. The van der Waals surface area contributed by atoms with E-state index in [1.807, 2.05) is 36.4 Å². The standard InChI is InChI=1S/C24H22N6O/c1-15(28-23-20-22(25-13-26-23)27-14-30(2)24(20)31)18-12-17-10-6-7-11-19(17)29-21(18)16-8-4-3-5-9-16/h3-13,15H,14H2,1-2H3,(H2,25,26,27,28)/t15-/m0/s1. The van der Waals surface area contributed by atoms with Crippen LogP contribution < -0.4 is 10.6 Å². The molecule has 0 saturated heterocycles. The molecule has 2 aromatic carbocycles. The molecular weight excluding hydrogens is 388 g/mol. The van der Waals surface area contributed by atoms with Gasteiger partial charge in [-0.3, -0.25) is 4.79 Å². The second kappa shape index (κ2) is 7.68. The summed E-state index contributed by atoms with van der Waals surface area (Å²) in [6.07, 6.45) is 1.47. The van der Waals surface area contributed by atoms with Crippen LogP contribution in [0.5, 0.6) is 0 Å². The minimum atomic E-state index is -0.147. The Bertz CT molecular complexity index is 1270. The van der Waals surface area contributed by atoms with Crippen LogP contribution in [0.2, 0.25) is 0 Å². The molecule has 5 rings (SSSR count). The first-order chi connectivity index (χ1) is 15.1. The van der Waals surface area contributed by atoms with Crippen LogP contribution in [-0.2, 0) is 0 Å². The molecule has 3 heterocycles. The second-order valence-electron chi connectivity index (χ2n) is 7.63. The van der Waals surface area contributed by atoms with E-state index in [0.29, 0.717) is 23.9 Å². The number of hydrogen-bond acceptors (Lipinski definition) is 6. The Morgan fingerprint density at radius 2 is 1.84 bits per heavy atom. The van der Waals surface area contributed by atoms with E-state index in [2.05, 4.69) is 51.8 Å². The summed E-state index contributed by atoms with van der Waals surface area (Å²) < 4.78 is 0. The van der Waals surface area contributed by atoms with Gasteiger partial charge in [0.2, 0.25) is 0 Å². The van der Waals surface area contributed by atoms with Crippen LogP contribution in [0.4, 0.5) is 11.6 Å². The number of rotatable bonds is 4. The topological polar surface area (TPSA) is 83.0 Å². The molecule has 0 spiro atoms. The quantitative estimate of drug-likeness (QED) is 0.521. The molecule has 1 aliphatic rings. The predicted molar refractivity (Wildman–Crippen MR) is 122 cm³/mol. The van der Waals surface area contributed by atoms with Gasteiger partial charge in [0.25, 0.3) is 5.91 Å². The van der Waals surface area contributed by atoms with E-state index >= 15 is 0 Å². The molecule has 1 aliphatic heterocycles. The molecule has 31 heavy (non-hydrogen) atoms. The molecule has 0 saturated carbocycles. The lowest BCUT2D eigenvalue weighted by molar-refractivity contribution is 0.0796. The molecule has 1 atom stereocenters. The Morgan fingerprint density at radius 3 is 2.68 bits per heavy atom. The Hall–Kier alpha value is -4.00. The molecular formula is C24H22N6O. The second-order valence-corrected chi connectivity index (χ2v) is 7.63. The molecule has 2 aromatic heterocycles. The number of aromatic nitrogens is 3. The Kier molecular flexibility index (Phi) is 4.71. The molecule has 2 N–H and O–H groups in total. The molecule has 4 aromatic rings. The molecule has 0 fully saturated rings. The highest BCUT2D eigenvalue weighted by Gasteiger charge is 2.27. The average Bonchev–Trinajstić information content (AvgIpc) is 2.81. The number of nitrogens with one attached hydrogen (secondary N) is 2. The summed E-state index contributed by atoms with van der Waals surface area (Å²) in [6, 6.07) is 20.2. The molecule has 154 valence electrons. The predicted octanol–water partition coefficient (Wildman–Crippen LogP) is 4.32. The van der Waals surface area contributed by atoms with Gasteiger partial charge in [-0.2, -0.15) is 0 Å². The third kappa shape index (κ3) is 3.44. The fraction of sp³-hybridized carbons (Fsp3) is 0.167. The van der Waals surface area contributed by atoms with Crippen molar-refractivity contribution in [1.82, 2.24) is 19.9 Å². The fourth-order valence-corrected chi connectivity index (χ4v) is 3.86. The van der Waals surface area contributed by atoms with E-state index in [9.17, 15) is 4.79 Å². The van der Waals surface area contributed by atoms with E-state index in [1.165, 1.54) is 6.33 Å². The van der Waals surface area contributed by atoms with Gasteiger partial charge in [-0.15, -0.1) is 0 Å². The summed E-state index contributed by atoms with van der Waals surface area (Å²) in [5.41, 5.74) is 4.38. The van der Waals surface area contributed by atoms with Crippen molar-refractivity contribution in [1.29, 1.82) is 0 Å². The molecule has 0 radical (unpaired) electrons. The Morgan fingerprint density at radius 1 is 1.06 bits per heavy atom. The van der Waals surface area contributed by atoms with Gasteiger partial charge >= 0.3 is 0 Å². The Labute approximate surface area is 180 Å². The van der Waals surface area contributed by atoms with E-state index in [-0.39, 0.29) is 11.9 Å². The molecule has 7 nitrogen and oxygen atoms in total. The highest BCUT2D eigenvalue weighted by molar-refractivity contribution is 6.04. The van der Waals surface area contributed by atoms with Gasteiger partial charge in [0.05, 0.1) is 23.9 Å². The summed E-state index contributed by atoms with van der Waals surface area (Å²) >= 11 is 0. The minimum absolute atomic E-state index is 0.107. The lowest BCUT2D eigenvalue weighted by Gasteiger charge is -2.27. The normalized spacial score (nSPS) is 14.1. The third-order valence-electron chi connectivity index (χ3n) is 5.51. The summed E-state index contributed by atoms with van der Waals surface area (Å²) in [7, 11) is 1.75. The molecule has 7 heteroatoms. The summed E-state index contributed by atoms with van der Waals surface area (Å²) in [5, 5.41) is 7.66. The van der Waals surface area contributed by atoms with Crippen LogP contribution in [0.1, 0.15) is 28.9 Å². The first-order valence-electron chi connectivity index (χ1n) is 10.2. The van der Waals surface area contributed by atoms with Crippen LogP contribution in [0, 0.1) is 0 Å². The van der Waals surface area contributed by atoms with Crippen LogP contribution in [0.15, 0.2) is 67.0 Å². The lowest BCUT2D eigenvalue weighted by atomic mass is 9.98. The first-order valence-corrected chi connectivity index (χ1v) is 10.2. The van der Waals surface area contributed by atoms with Gasteiger partial charge < -0.3 is 15.5 Å². The van der Waals surface area contributed by atoms with E-state index in [4.69, 9.17) is 4.98 Å². The van der Waals surface area contributed by atoms with Crippen molar-refractivity contribution in [2.24, 2.45) is 0 Å². The number of nitrogens with zero attached hydrogens (tertiary/aromatic N) is 4. The van der Waals surface area contributed by atoms with Crippen molar-refractivity contribution >= 4 is 28.4 Å². The maximum atomic E-state index is 12.8. The van der Waals surface area contributed by atoms with Crippen LogP contribution in [-0.4, -0.2) is 39.5 Å². The van der Waals surface area contributed by atoms with Crippen molar-refractivity contribution in [2.75, 3.05) is 24.3 Å². The van der Waals surface area contributed by atoms with Crippen molar-refractivity contribution in [3.05, 3.63) is 78.1 Å². The van der Waals surface area contributed by atoms with Gasteiger partial charge in [0, 0.05) is 23.6 Å². The largest absolute Gasteiger partial charge is 0.363 e. The van der Waals surface area contributed by atoms with Gasteiger partial charge in [-0.25, -0.2) is 15.0 Å². The van der Waals surface area contributed by atoms with Crippen molar-refractivity contribution in [3.8, 4) is 11.3 Å². The first kappa shape index (κ1) is 19.0. The number of fused-ring (bicyclic) bond motifs is 2. The van der Waals surface area contributed by atoms with E-state index in [1.54, 1.807) is 11.9 Å². The number of para-hydroxylation sites is 1. The van der Waals surface area contributed by atoms with Crippen molar-refractivity contribution in [2.45, 2.75) is 13.0 Å². The number of carbonyl (C=O) groups is 1. The fourth-order valence-electron chi connectivity index (χ4n) is 3.86. The maximum Gasteiger partial charge on any atom is 0.262 e. The number of benzene rings is 2. The molecule has 0 aliphatic carbocycles. The van der Waals surface area contributed by atoms with Gasteiger partial charge in [0.1, 0.15) is 23.5 Å². The van der Waals surface area contributed by atoms with Crippen molar-refractivity contribution < 1.29 is 4.79 Å². The van der Waals surface area contributed by atoms with Crippen LogP contribution in [0.3, 0.4) is 0 Å². The Balaban J connectivity index is 1.60. The zero-order chi connectivity index (χ0) is 21.4. The summed E-state index contributed by atoms with van der Waals surface area (Å²) in [5.74, 6) is 0.949. The minimum Gasteiger partial charge on any atom is -0.363 e. The number of anilines is 2. The summed E-state index contributed by atoms with van der Waals surface area (Å²) in [6.45, 7) is 2.47. The van der Waals surface area contributed by atoms with Crippen molar-refractivity contribution in [3.63, 3.8) is 0 Å². The highest BCUT2D eigenvalue weighted by Crippen LogP contribution is 2.33. The van der Waals surface area contributed by atoms with E-state index < -0.39 is 0 Å². The summed E-state index contributed by atoms with van der Waals surface area (Å²) in [4.78, 5) is 27.9. The van der Waals surface area contributed by atoms with Gasteiger partial charge in [0.15, 0.2) is 0 Å². The smallest absolute Gasteiger partial charge is 0.262 e. The SMILES string of the molecule is C[C@H](Nc1ncnc2c1C(=O)N(C)CN2)c1cc2ccccc2nc1-c1ccccc1. The zero-order valence-corrected chi connectivity index (χ0v) is 17.3. The molecule has 1 amide bonds. The third-order valence-corrected chi connectivity index (χ3v) is 5.51. The molecule has 0 bridgehead atoms. The van der Waals surface area contributed by atoms with Gasteiger partial charge in [-0.1, -0.05) is 48.5 Å². The number of pyridine rings is 1. The van der Waals surface area contributed by atoms with E-state index in [0.717, 1.165) is 27.7 Å². The maximum absolute atomic E-state index is 12.8. The number of amides is 1. The van der Waals surface area contributed by atoms with Crippen LogP contribution >= 0.6 is 0 Å². The zero-order valence-electron chi connectivity index (χ0n) is 17.3. The highest BCUT2D eigenvalue weighted by atomic mass is 16.2. The van der Waals surface area contributed by atoms with Gasteiger partial charge in [-0.05, 0) is 19.1 Å². The number of hydrogen-bond donors (Lipinski definition) is 2. The molecule has 0 unspecified atom stereocenters. The lowest BCUT2D eigenvalue weighted by Crippen LogP contribution is -2.38. The average molecular weight is 410 g/mol. The monoisotopic (exact) mass is 410 g/mol. The van der Waals surface area contributed by atoms with Crippen LogP contribution in [0.25, 0.3) is 22.2 Å².